The Labute approximate surface area is 525 Å². The second kappa shape index (κ2) is 24.8. The van der Waals surface area contributed by atoms with Gasteiger partial charge in [0.2, 0.25) is 0 Å². The fourth-order valence-corrected chi connectivity index (χ4v) is 13.2. The number of ketones is 1. The Bertz CT molecular complexity index is 5430. The third-order valence-corrected chi connectivity index (χ3v) is 17.8. The van der Waals surface area contributed by atoms with Crippen LogP contribution in [0.4, 0.5) is 0 Å². The van der Waals surface area contributed by atoms with E-state index in [1.54, 1.807) is 84.9 Å². The summed E-state index contributed by atoms with van der Waals surface area (Å²) >= 11 is 0. The highest BCUT2D eigenvalue weighted by Crippen LogP contribution is 2.40. The maximum Gasteiger partial charge on any atom is 0.199 e. The van der Waals surface area contributed by atoms with Crippen molar-refractivity contribution in [2.24, 2.45) is 0 Å². The van der Waals surface area contributed by atoms with Gasteiger partial charge in [-0.3, -0.25) is 28.8 Å². The first-order valence-corrected chi connectivity index (χ1v) is 32.1. The molecule has 0 fully saturated rings. The van der Waals surface area contributed by atoms with E-state index in [4.69, 9.17) is 28.4 Å². The number of rotatable bonds is 23. The number of aromatic amines is 5. The first-order valence-electron chi connectivity index (χ1n) is 32.1. The predicted molar refractivity (Wildman–Crippen MR) is 366 cm³/mol. The van der Waals surface area contributed by atoms with Crippen LogP contribution < -0.4 is 55.6 Å². The standard InChI is InChI=1S/C75H69N5O12/c1-5-9-12-28-88-42-18-24-55-49(36-42)72(83)61-65(77-55)59-53(33-40-16-17-41(87-8-4)34-47(40)70(59)81)60-66(61)76-54-23-21-45(35-48(54)71(60)82)91-31-15-32-92-46-22-27-58-52(39-46)75(86)64-68-62(73(84)51-38-44(20-26-57(51)79-68)90-30-14-11-7-3)67-63(69(64)80-58)74(85)50-37-43(19-25-56(50)78-67)89-29-13-10-6-2/h16-27,34-39H,5-15,28-33H2,1-4H3,(H,76,82)(H,77,83)(H,78,85)(H,79,84)(H,80,86). The molecule has 17 heteroatoms. The van der Waals surface area contributed by atoms with Gasteiger partial charge in [-0.2, -0.15) is 0 Å². The zero-order valence-corrected chi connectivity index (χ0v) is 51.8. The molecule has 0 saturated carbocycles. The Morgan fingerprint density at radius 1 is 0.326 bits per heavy atom. The molecule has 5 heterocycles. The van der Waals surface area contributed by atoms with Gasteiger partial charge in [0.25, 0.3) is 0 Å². The number of benzene rings is 8. The third kappa shape index (κ3) is 10.5. The van der Waals surface area contributed by atoms with Crippen molar-refractivity contribution in [1.82, 2.24) is 24.9 Å². The summed E-state index contributed by atoms with van der Waals surface area (Å²) in [5.74, 6) is 2.69. The van der Waals surface area contributed by atoms with Gasteiger partial charge in [-0.05, 0) is 147 Å². The molecule has 5 N–H and O–H groups in total. The van der Waals surface area contributed by atoms with Crippen molar-refractivity contribution < 1.29 is 33.2 Å². The zero-order valence-electron chi connectivity index (χ0n) is 51.8. The number of nitrogens with one attached hydrogen (secondary N) is 5. The van der Waals surface area contributed by atoms with E-state index >= 15 is 9.59 Å². The van der Waals surface area contributed by atoms with E-state index in [0.29, 0.717) is 144 Å². The Balaban J connectivity index is 0.781. The third-order valence-electron chi connectivity index (χ3n) is 17.8. The summed E-state index contributed by atoms with van der Waals surface area (Å²) in [6.45, 7) is 10.5. The van der Waals surface area contributed by atoms with E-state index in [0.717, 1.165) is 63.4 Å². The predicted octanol–water partition coefficient (Wildman–Crippen LogP) is 14.7. The van der Waals surface area contributed by atoms with Crippen LogP contribution in [0.1, 0.15) is 119 Å². The second-order valence-electron chi connectivity index (χ2n) is 23.9. The summed E-state index contributed by atoms with van der Waals surface area (Å²) in [5, 5.41) is 2.59. The molecular weight excluding hydrogens is 1160 g/mol. The van der Waals surface area contributed by atoms with Crippen molar-refractivity contribution in [3.63, 3.8) is 0 Å². The highest BCUT2D eigenvalue weighted by atomic mass is 16.5. The second-order valence-corrected chi connectivity index (χ2v) is 23.9. The van der Waals surface area contributed by atoms with Gasteiger partial charge in [-0.15, -0.1) is 0 Å². The highest BCUT2D eigenvalue weighted by molar-refractivity contribution is 6.27. The lowest BCUT2D eigenvalue weighted by Gasteiger charge is -2.23. The van der Waals surface area contributed by atoms with Crippen LogP contribution in [-0.4, -0.2) is 70.3 Å². The van der Waals surface area contributed by atoms with Gasteiger partial charge in [-0.1, -0.05) is 65.4 Å². The van der Waals surface area contributed by atoms with E-state index in [-0.39, 0.29) is 96.0 Å². The number of hydrogen-bond donors (Lipinski definition) is 5. The zero-order chi connectivity index (χ0) is 63.3. The lowest BCUT2D eigenvalue weighted by molar-refractivity contribution is 0.103. The van der Waals surface area contributed by atoms with Crippen molar-refractivity contribution in [2.75, 3.05) is 39.6 Å². The number of carbonyl (C=O) groups excluding carboxylic acids is 1. The number of hydrogen-bond acceptors (Lipinski definition) is 12. The Morgan fingerprint density at radius 2 is 0.630 bits per heavy atom. The van der Waals surface area contributed by atoms with Crippen molar-refractivity contribution in [3.8, 4) is 34.5 Å². The maximum atomic E-state index is 15.2. The molecule has 466 valence electrons. The summed E-state index contributed by atoms with van der Waals surface area (Å²) in [4.78, 5) is 107. The lowest BCUT2D eigenvalue weighted by atomic mass is 9.81. The molecule has 1 aliphatic carbocycles. The van der Waals surface area contributed by atoms with Gasteiger partial charge in [0.1, 0.15) is 34.5 Å². The van der Waals surface area contributed by atoms with Gasteiger partial charge in [0.15, 0.2) is 32.9 Å². The van der Waals surface area contributed by atoms with E-state index in [9.17, 15) is 19.2 Å². The molecule has 17 nitrogen and oxygen atoms in total. The van der Waals surface area contributed by atoms with E-state index in [2.05, 4.69) is 45.7 Å². The molecule has 0 atom stereocenters. The molecule has 0 saturated heterocycles. The molecule has 1 aliphatic rings. The van der Waals surface area contributed by atoms with Gasteiger partial charge in [-0.25, -0.2) is 0 Å². The number of carbonyl (C=O) groups is 1. The van der Waals surface area contributed by atoms with E-state index < -0.39 is 5.43 Å². The highest BCUT2D eigenvalue weighted by Gasteiger charge is 2.32. The molecule has 0 radical (unpaired) electrons. The van der Waals surface area contributed by atoms with Gasteiger partial charge >= 0.3 is 0 Å². The lowest BCUT2D eigenvalue weighted by Crippen LogP contribution is -2.22. The molecule has 5 aromatic heterocycles. The topological polar surface area (TPSA) is 237 Å². The van der Waals surface area contributed by atoms with Crippen molar-refractivity contribution >= 4 is 115 Å². The molecule has 0 unspecified atom stereocenters. The minimum Gasteiger partial charge on any atom is -0.494 e. The minimum absolute atomic E-state index is 0.145. The molecule has 0 amide bonds. The fourth-order valence-electron chi connectivity index (χ4n) is 13.2. The number of fused-ring (bicyclic) bond motifs is 18. The summed E-state index contributed by atoms with van der Waals surface area (Å²) in [5.41, 5.74) is 4.09. The largest absolute Gasteiger partial charge is 0.494 e. The van der Waals surface area contributed by atoms with Crippen LogP contribution in [0.3, 0.4) is 0 Å². The Morgan fingerprint density at radius 3 is 0.989 bits per heavy atom. The van der Waals surface area contributed by atoms with E-state index in [1.807, 2.05) is 31.2 Å². The van der Waals surface area contributed by atoms with Crippen molar-refractivity contribution in [3.05, 3.63) is 183 Å². The monoisotopic (exact) mass is 1230 g/mol. The summed E-state index contributed by atoms with van der Waals surface area (Å²) in [7, 11) is 0. The van der Waals surface area contributed by atoms with Crippen LogP contribution in [-0.2, 0) is 6.42 Å². The molecule has 8 aromatic carbocycles. The number of pyridine rings is 5. The molecule has 13 aromatic rings. The average Bonchev–Trinajstić information content (AvgIpc) is 0.712. The molecule has 0 bridgehead atoms. The van der Waals surface area contributed by atoms with Crippen molar-refractivity contribution in [2.45, 2.75) is 98.3 Å². The first kappa shape index (κ1) is 59.2. The van der Waals surface area contributed by atoms with Crippen LogP contribution in [0.25, 0.3) is 109 Å². The minimum atomic E-state index is -0.411. The first-order chi connectivity index (χ1) is 44.9. The van der Waals surface area contributed by atoms with Crippen molar-refractivity contribution in [1.29, 1.82) is 0 Å². The van der Waals surface area contributed by atoms with Crippen LogP contribution in [0.15, 0.2) is 133 Å². The average molecular weight is 1230 g/mol. The molecular formula is C75H69N5O12. The molecule has 92 heavy (non-hydrogen) atoms. The van der Waals surface area contributed by atoms with Gasteiger partial charge in [0.05, 0.1) is 127 Å². The fraction of sp³-hybridized carbons (Fsp3) is 0.280. The van der Waals surface area contributed by atoms with Gasteiger partial charge < -0.3 is 53.3 Å². The van der Waals surface area contributed by atoms with Crippen LogP contribution in [0.5, 0.6) is 34.5 Å². The maximum absolute atomic E-state index is 15.2. The number of H-pyrrole nitrogens is 5. The summed E-state index contributed by atoms with van der Waals surface area (Å²) in [6, 6.07) is 31.7. The van der Waals surface area contributed by atoms with Crippen LogP contribution >= 0.6 is 0 Å². The Hall–Kier alpha value is -10.4. The number of ether oxygens (including phenoxy) is 6. The molecule has 14 rings (SSSR count). The number of unbranched alkanes of at least 4 members (excludes halogenated alkanes) is 6. The molecule has 0 aliphatic heterocycles. The van der Waals surface area contributed by atoms with Gasteiger partial charge in [0, 0.05) is 38.9 Å². The number of aromatic nitrogens is 5. The SMILES string of the molecule is CCCCCOc1ccc2[nH]c3c4c(c5c(=O)c6cc(OCCCOc7ccc8[nH]c9c%10c(=O)c%11cc(OCCCCC)ccc%11[nH]c%10c%10c(=O)c%11cc(OCCCCC)ccc%11[nH]c%10c9c(=O)c8c7)ccc6[nH]c5c3c(=O)c2c1)Cc1ccc(OCC)cc1C4=O. The van der Waals surface area contributed by atoms with Crippen LogP contribution in [0.2, 0.25) is 0 Å². The quantitative estimate of drug-likeness (QED) is 0.0228. The molecule has 0 spiro atoms. The summed E-state index contributed by atoms with van der Waals surface area (Å²) in [6.07, 6.45) is 9.44. The smallest absolute Gasteiger partial charge is 0.199 e. The van der Waals surface area contributed by atoms with Crippen LogP contribution in [0, 0.1) is 0 Å². The van der Waals surface area contributed by atoms with E-state index in [1.165, 1.54) is 0 Å². The summed E-state index contributed by atoms with van der Waals surface area (Å²) < 4.78 is 36.6. The normalized spacial score (nSPS) is 12.4. The Kier molecular flexibility index (Phi) is 15.9.